The number of carbonyl (C=O) groups is 1. The second-order valence-corrected chi connectivity index (χ2v) is 7.07. The molecule has 0 unspecified atom stereocenters. The highest BCUT2D eigenvalue weighted by atomic mass is 32.2. The molecule has 1 aromatic carbocycles. The fraction of sp³-hybridized carbons (Fsp3) is 0.250. The van der Waals surface area contributed by atoms with Crippen molar-refractivity contribution in [3.63, 3.8) is 0 Å². The second kappa shape index (κ2) is 7.31. The Bertz CT molecular complexity index is 836. The maximum absolute atomic E-state index is 12.7. The molecule has 1 heterocycles. The minimum Gasteiger partial charge on any atom is -0.495 e. The fourth-order valence-corrected chi connectivity index (χ4v) is 3.27. The third-order valence-corrected chi connectivity index (χ3v) is 5.23. The van der Waals surface area contributed by atoms with Crippen LogP contribution in [-0.4, -0.2) is 38.6 Å². The number of anilines is 1. The molecule has 2 rings (SSSR count). The van der Waals surface area contributed by atoms with Gasteiger partial charge in [0, 0.05) is 25.7 Å². The smallest absolute Gasteiger partial charge is 0.303 e. The molecule has 7 nitrogen and oxygen atoms in total. The van der Waals surface area contributed by atoms with E-state index >= 15 is 0 Å². The van der Waals surface area contributed by atoms with Gasteiger partial charge in [-0.1, -0.05) is 12.1 Å². The molecule has 0 spiro atoms. The summed E-state index contributed by atoms with van der Waals surface area (Å²) in [7, 11) is -0.929. The normalized spacial score (nSPS) is 11.1. The van der Waals surface area contributed by atoms with E-state index in [1.807, 2.05) is 0 Å². The summed E-state index contributed by atoms with van der Waals surface area (Å²) in [5, 5.41) is 8.76. The van der Waals surface area contributed by atoms with Gasteiger partial charge in [-0.05, 0) is 24.1 Å². The summed E-state index contributed by atoms with van der Waals surface area (Å²) in [4.78, 5) is 14.6. The van der Waals surface area contributed by atoms with Crippen molar-refractivity contribution in [1.29, 1.82) is 0 Å². The van der Waals surface area contributed by atoms with Crippen molar-refractivity contribution in [3.8, 4) is 5.75 Å². The summed E-state index contributed by atoms with van der Waals surface area (Å²) in [6.45, 7) is 0. The van der Waals surface area contributed by atoms with Gasteiger partial charge in [0.2, 0.25) is 0 Å². The van der Waals surface area contributed by atoms with Crippen LogP contribution in [0.1, 0.15) is 12.0 Å². The summed E-state index contributed by atoms with van der Waals surface area (Å²) in [5.74, 6) is -0.552. The summed E-state index contributed by atoms with van der Waals surface area (Å²) in [6, 6.07) is 8.17. The van der Waals surface area contributed by atoms with E-state index in [0.29, 0.717) is 17.9 Å². The highest BCUT2D eigenvalue weighted by Crippen LogP contribution is 2.24. The summed E-state index contributed by atoms with van der Waals surface area (Å²) in [5.41, 5.74) is 1.20. The second-order valence-electron chi connectivity index (χ2n) is 5.10. The molecule has 0 amide bonds. The van der Waals surface area contributed by atoms with E-state index in [-0.39, 0.29) is 11.3 Å². The number of aliphatic carboxylic acids is 1. The van der Waals surface area contributed by atoms with Gasteiger partial charge in [-0.2, -0.15) is 0 Å². The topological polar surface area (TPSA) is 96.8 Å². The van der Waals surface area contributed by atoms with Crippen molar-refractivity contribution in [2.45, 2.75) is 17.7 Å². The van der Waals surface area contributed by atoms with Crippen LogP contribution in [0.2, 0.25) is 0 Å². The molecular formula is C16H18N2O5S. The van der Waals surface area contributed by atoms with Gasteiger partial charge >= 0.3 is 5.97 Å². The number of methoxy groups -OCH3 is 1. The van der Waals surface area contributed by atoms with Gasteiger partial charge in [-0.3, -0.25) is 14.1 Å². The number of ether oxygens (including phenoxy) is 1. The lowest BCUT2D eigenvalue weighted by atomic mass is 10.1. The van der Waals surface area contributed by atoms with Crippen molar-refractivity contribution >= 4 is 21.7 Å². The first-order valence-corrected chi connectivity index (χ1v) is 8.57. The van der Waals surface area contributed by atoms with Gasteiger partial charge in [-0.25, -0.2) is 8.42 Å². The van der Waals surface area contributed by atoms with Gasteiger partial charge in [0.15, 0.2) is 0 Å². The van der Waals surface area contributed by atoms with E-state index in [0.717, 1.165) is 9.87 Å². The van der Waals surface area contributed by atoms with E-state index in [2.05, 4.69) is 4.98 Å². The Balaban J connectivity index is 2.31. The molecule has 1 aromatic heterocycles. The molecule has 24 heavy (non-hydrogen) atoms. The highest BCUT2D eigenvalue weighted by Gasteiger charge is 2.22. The standard InChI is InChI=1S/C16H18N2O5S/c1-18(13-5-3-4-12(8-13)6-7-16(19)20)24(21,22)15-9-14(23-2)10-17-11-15/h3-5,8-11H,6-7H2,1-2H3,(H,19,20). The van der Waals surface area contributed by atoms with E-state index in [9.17, 15) is 13.2 Å². The van der Waals surface area contributed by atoms with Crippen LogP contribution in [0.4, 0.5) is 5.69 Å². The van der Waals surface area contributed by atoms with Crippen LogP contribution in [0, 0.1) is 0 Å². The molecule has 0 saturated carbocycles. The van der Waals surface area contributed by atoms with E-state index in [4.69, 9.17) is 9.84 Å². The predicted octanol–water partition coefficient (Wildman–Crippen LogP) is 1.93. The molecular weight excluding hydrogens is 332 g/mol. The van der Waals surface area contributed by atoms with Crippen molar-refractivity contribution < 1.29 is 23.1 Å². The Morgan fingerprint density at radius 1 is 1.29 bits per heavy atom. The number of pyridine rings is 1. The van der Waals surface area contributed by atoms with Gasteiger partial charge in [0.25, 0.3) is 10.0 Å². The molecule has 0 saturated heterocycles. The first-order valence-electron chi connectivity index (χ1n) is 7.13. The minimum atomic E-state index is -3.80. The number of sulfonamides is 1. The van der Waals surface area contributed by atoms with Gasteiger partial charge < -0.3 is 9.84 Å². The fourth-order valence-electron chi connectivity index (χ4n) is 2.11. The molecule has 0 aliphatic carbocycles. The molecule has 2 aromatic rings. The summed E-state index contributed by atoms with van der Waals surface area (Å²) >= 11 is 0. The van der Waals surface area contributed by atoms with Crippen molar-refractivity contribution in [1.82, 2.24) is 4.98 Å². The molecule has 0 radical (unpaired) electrons. The van der Waals surface area contributed by atoms with Crippen LogP contribution < -0.4 is 9.04 Å². The number of hydrogen-bond acceptors (Lipinski definition) is 5. The van der Waals surface area contributed by atoms with E-state index in [1.54, 1.807) is 24.3 Å². The Morgan fingerprint density at radius 2 is 2.04 bits per heavy atom. The zero-order chi connectivity index (χ0) is 17.7. The quantitative estimate of drug-likeness (QED) is 0.819. The van der Waals surface area contributed by atoms with Crippen molar-refractivity contribution in [2.24, 2.45) is 0 Å². The Morgan fingerprint density at radius 3 is 2.71 bits per heavy atom. The Kier molecular flexibility index (Phi) is 5.40. The molecule has 8 heteroatoms. The van der Waals surface area contributed by atoms with E-state index in [1.165, 1.54) is 32.6 Å². The van der Waals surface area contributed by atoms with Crippen LogP contribution in [0.15, 0.2) is 47.6 Å². The van der Waals surface area contributed by atoms with Gasteiger partial charge in [0.1, 0.15) is 10.6 Å². The Hall–Kier alpha value is -2.61. The SMILES string of the molecule is COc1cncc(S(=O)(=O)N(C)c2cccc(CCC(=O)O)c2)c1. The maximum Gasteiger partial charge on any atom is 0.303 e. The number of aryl methyl sites for hydroxylation is 1. The van der Waals surface area contributed by atoms with Crippen LogP contribution in [0.3, 0.4) is 0 Å². The van der Waals surface area contributed by atoms with Crippen molar-refractivity contribution in [3.05, 3.63) is 48.3 Å². The highest BCUT2D eigenvalue weighted by molar-refractivity contribution is 7.92. The first kappa shape index (κ1) is 17.7. The molecule has 0 fully saturated rings. The predicted molar refractivity (Wildman–Crippen MR) is 88.8 cm³/mol. The van der Waals surface area contributed by atoms with Crippen LogP contribution >= 0.6 is 0 Å². The minimum absolute atomic E-state index is 0.0142. The lowest BCUT2D eigenvalue weighted by molar-refractivity contribution is -0.136. The number of benzene rings is 1. The van der Waals surface area contributed by atoms with E-state index < -0.39 is 16.0 Å². The number of nitrogens with zero attached hydrogens (tertiary/aromatic N) is 2. The monoisotopic (exact) mass is 350 g/mol. The molecule has 0 bridgehead atoms. The number of hydrogen-bond donors (Lipinski definition) is 1. The molecule has 0 aliphatic heterocycles. The van der Waals surface area contributed by atoms with Crippen LogP contribution in [0.25, 0.3) is 0 Å². The molecule has 128 valence electrons. The number of rotatable bonds is 7. The summed E-state index contributed by atoms with van der Waals surface area (Å²) < 4.78 is 31.6. The lowest BCUT2D eigenvalue weighted by Gasteiger charge is -2.20. The number of carboxylic acids is 1. The van der Waals surface area contributed by atoms with Gasteiger partial charge in [0.05, 0.1) is 19.0 Å². The zero-order valence-corrected chi connectivity index (χ0v) is 14.2. The third kappa shape index (κ3) is 4.02. The molecule has 0 atom stereocenters. The zero-order valence-electron chi connectivity index (χ0n) is 13.3. The third-order valence-electron chi connectivity index (χ3n) is 3.48. The first-order chi connectivity index (χ1) is 11.3. The lowest BCUT2D eigenvalue weighted by Crippen LogP contribution is -2.26. The molecule has 0 aliphatic rings. The number of aromatic nitrogens is 1. The van der Waals surface area contributed by atoms with Crippen LogP contribution in [-0.2, 0) is 21.2 Å². The molecule has 1 N–H and O–H groups in total. The summed E-state index contributed by atoms with van der Waals surface area (Å²) in [6.07, 6.45) is 2.99. The average Bonchev–Trinajstić information content (AvgIpc) is 2.59. The van der Waals surface area contributed by atoms with Crippen molar-refractivity contribution in [2.75, 3.05) is 18.5 Å². The average molecular weight is 350 g/mol. The number of carboxylic acid groups (broad SMARTS) is 1. The van der Waals surface area contributed by atoms with Gasteiger partial charge in [-0.15, -0.1) is 0 Å². The Labute approximate surface area is 140 Å². The maximum atomic E-state index is 12.7. The largest absolute Gasteiger partial charge is 0.495 e. The van der Waals surface area contributed by atoms with Crippen LogP contribution in [0.5, 0.6) is 5.75 Å².